The maximum Gasteiger partial charge on any atom is 0.191 e. The highest BCUT2D eigenvalue weighted by Crippen LogP contribution is 2.48. The Bertz CT molecular complexity index is 832. The van der Waals surface area contributed by atoms with Crippen LogP contribution in [-0.2, 0) is 12.0 Å². The van der Waals surface area contributed by atoms with E-state index in [0.717, 1.165) is 62.5 Å². The van der Waals surface area contributed by atoms with Gasteiger partial charge in [0.05, 0.1) is 5.69 Å². The zero-order valence-electron chi connectivity index (χ0n) is 17.5. The van der Waals surface area contributed by atoms with Gasteiger partial charge in [-0.15, -0.1) is 24.0 Å². The van der Waals surface area contributed by atoms with Gasteiger partial charge in [0.1, 0.15) is 5.82 Å². The van der Waals surface area contributed by atoms with Crippen LogP contribution in [0.1, 0.15) is 36.9 Å². The van der Waals surface area contributed by atoms with Gasteiger partial charge >= 0.3 is 0 Å². The number of hydrogen-bond donors (Lipinski definition) is 2. The van der Waals surface area contributed by atoms with Crippen LogP contribution in [0.3, 0.4) is 0 Å². The lowest BCUT2D eigenvalue weighted by Gasteiger charge is -2.33. The molecule has 30 heavy (non-hydrogen) atoms. The van der Waals surface area contributed by atoms with E-state index in [1.165, 1.54) is 0 Å². The molecule has 1 saturated carbocycles. The molecule has 0 atom stereocenters. The van der Waals surface area contributed by atoms with Crippen molar-refractivity contribution in [2.45, 2.75) is 43.7 Å². The van der Waals surface area contributed by atoms with E-state index >= 15 is 0 Å². The molecule has 0 amide bonds. The number of aliphatic imine (C=N–C) groups is 1. The van der Waals surface area contributed by atoms with Gasteiger partial charge in [0.25, 0.3) is 0 Å². The lowest BCUT2D eigenvalue weighted by molar-refractivity contribution is 0.196. The molecule has 4 rings (SSSR count). The fraction of sp³-hybridized carbons (Fsp3) is 0.478. The van der Waals surface area contributed by atoms with Crippen molar-refractivity contribution in [3.05, 3.63) is 65.7 Å². The Labute approximate surface area is 195 Å². The lowest BCUT2D eigenvalue weighted by Crippen LogP contribution is -2.49. The van der Waals surface area contributed by atoms with Crippen molar-refractivity contribution in [3.63, 3.8) is 0 Å². The Morgan fingerprint density at radius 3 is 2.53 bits per heavy atom. The number of likely N-dealkylation sites (tertiary alicyclic amines) is 1. The van der Waals surface area contributed by atoms with Crippen molar-refractivity contribution < 1.29 is 4.39 Å². The van der Waals surface area contributed by atoms with Gasteiger partial charge in [-0.25, -0.2) is 4.39 Å². The molecule has 2 aliphatic rings. The zero-order valence-corrected chi connectivity index (χ0v) is 19.8. The van der Waals surface area contributed by atoms with Crippen LogP contribution in [0.15, 0.2) is 53.7 Å². The van der Waals surface area contributed by atoms with Crippen LogP contribution >= 0.6 is 24.0 Å². The first-order chi connectivity index (χ1) is 14.2. The Morgan fingerprint density at radius 2 is 1.90 bits per heavy atom. The summed E-state index contributed by atoms with van der Waals surface area (Å²) in [6.07, 6.45) is 6.04. The molecule has 0 unspecified atom stereocenters. The molecule has 1 saturated heterocycles. The Kier molecular flexibility index (Phi) is 8.05. The van der Waals surface area contributed by atoms with Gasteiger partial charge in [-0.3, -0.25) is 14.9 Å². The summed E-state index contributed by atoms with van der Waals surface area (Å²) in [6.45, 7) is 3.71. The molecule has 7 heteroatoms. The highest BCUT2D eigenvalue weighted by molar-refractivity contribution is 14.0. The second-order valence-electron chi connectivity index (χ2n) is 8.20. The monoisotopic (exact) mass is 523 g/mol. The molecule has 1 aliphatic carbocycles. The number of guanidine groups is 1. The summed E-state index contributed by atoms with van der Waals surface area (Å²) >= 11 is 0. The van der Waals surface area contributed by atoms with Crippen LogP contribution in [-0.4, -0.2) is 48.6 Å². The minimum atomic E-state index is -0.102. The molecule has 5 nitrogen and oxygen atoms in total. The Balaban J connectivity index is 0.00000256. The van der Waals surface area contributed by atoms with Gasteiger partial charge in [0, 0.05) is 50.9 Å². The van der Waals surface area contributed by atoms with Crippen LogP contribution in [0.4, 0.5) is 4.39 Å². The first kappa shape index (κ1) is 22.9. The lowest BCUT2D eigenvalue weighted by atomic mass is 9.95. The van der Waals surface area contributed by atoms with Crippen molar-refractivity contribution >= 4 is 29.9 Å². The first-order valence-corrected chi connectivity index (χ1v) is 10.5. The third-order valence-corrected chi connectivity index (χ3v) is 6.16. The van der Waals surface area contributed by atoms with Crippen LogP contribution in [0.2, 0.25) is 0 Å². The molecule has 2 N–H and O–H groups in total. The van der Waals surface area contributed by atoms with Crippen molar-refractivity contribution in [2.24, 2.45) is 4.99 Å². The summed E-state index contributed by atoms with van der Waals surface area (Å²) in [4.78, 5) is 11.3. The number of rotatable bonds is 6. The molecule has 162 valence electrons. The molecule has 1 aromatic heterocycles. The molecule has 0 radical (unpaired) electrons. The molecular weight excluding hydrogens is 492 g/mol. The normalized spacial score (nSPS) is 19.1. The van der Waals surface area contributed by atoms with Crippen LogP contribution in [0, 0.1) is 5.82 Å². The molecule has 2 heterocycles. The molecular formula is C23H31FIN5. The van der Waals surface area contributed by atoms with Crippen molar-refractivity contribution in [1.82, 2.24) is 20.5 Å². The zero-order chi connectivity index (χ0) is 20.1. The largest absolute Gasteiger partial charge is 0.356 e. The molecule has 2 aromatic rings. The van der Waals surface area contributed by atoms with E-state index in [1.54, 1.807) is 19.2 Å². The van der Waals surface area contributed by atoms with Gasteiger partial charge < -0.3 is 10.6 Å². The number of halogens is 2. The topological polar surface area (TPSA) is 52.6 Å². The van der Waals surface area contributed by atoms with Crippen molar-refractivity contribution in [2.75, 3.05) is 26.7 Å². The van der Waals surface area contributed by atoms with E-state index in [1.807, 2.05) is 30.5 Å². The van der Waals surface area contributed by atoms with Gasteiger partial charge in [-0.1, -0.05) is 24.3 Å². The van der Waals surface area contributed by atoms with E-state index in [0.29, 0.717) is 12.6 Å². The molecule has 0 bridgehead atoms. The number of piperidine rings is 1. The predicted octanol–water partition coefficient (Wildman–Crippen LogP) is 3.70. The summed E-state index contributed by atoms with van der Waals surface area (Å²) in [5, 5.41) is 7.00. The van der Waals surface area contributed by atoms with Gasteiger partial charge in [0.15, 0.2) is 5.96 Å². The minimum Gasteiger partial charge on any atom is -0.356 e. The average molecular weight is 523 g/mol. The fourth-order valence-corrected chi connectivity index (χ4v) is 4.18. The number of nitrogens with zero attached hydrogens (tertiary/aromatic N) is 3. The summed E-state index contributed by atoms with van der Waals surface area (Å²) in [5.41, 5.74) is 1.86. The van der Waals surface area contributed by atoms with Crippen LogP contribution in [0.5, 0.6) is 0 Å². The summed E-state index contributed by atoms with van der Waals surface area (Å²) in [5.74, 6) is 0.714. The first-order valence-electron chi connectivity index (χ1n) is 10.5. The van der Waals surface area contributed by atoms with E-state index in [9.17, 15) is 4.39 Å². The summed E-state index contributed by atoms with van der Waals surface area (Å²) < 4.78 is 14.2. The van der Waals surface area contributed by atoms with Gasteiger partial charge in [-0.05, 0) is 49.4 Å². The number of benzene rings is 1. The van der Waals surface area contributed by atoms with E-state index in [4.69, 9.17) is 0 Å². The van der Waals surface area contributed by atoms with Crippen LogP contribution in [0.25, 0.3) is 0 Å². The van der Waals surface area contributed by atoms with Crippen molar-refractivity contribution in [1.29, 1.82) is 0 Å². The number of hydrogen-bond acceptors (Lipinski definition) is 3. The van der Waals surface area contributed by atoms with Crippen molar-refractivity contribution in [3.8, 4) is 0 Å². The standard InChI is InChI=1S/C23H30FN5.HI/c1-25-22(27-17-23(11-12-23)20-7-2-3-8-21(20)24)28-18-9-14-29(15-10-18)16-19-6-4-5-13-26-19;/h2-8,13,18H,9-12,14-17H2,1H3,(H2,25,27,28);1H. The quantitative estimate of drug-likeness (QED) is 0.345. The Hall–Kier alpha value is -1.74. The highest BCUT2D eigenvalue weighted by atomic mass is 127. The van der Waals surface area contributed by atoms with Gasteiger partial charge in [-0.2, -0.15) is 0 Å². The number of aromatic nitrogens is 1. The highest BCUT2D eigenvalue weighted by Gasteiger charge is 2.45. The third kappa shape index (κ3) is 5.69. The maximum absolute atomic E-state index is 14.2. The second kappa shape index (κ2) is 10.5. The SMILES string of the molecule is CN=C(NCC1(c2ccccc2F)CC1)NC1CCN(Cc2ccccn2)CC1.I. The second-order valence-corrected chi connectivity index (χ2v) is 8.20. The van der Waals surface area contributed by atoms with E-state index in [2.05, 4.69) is 31.6 Å². The maximum atomic E-state index is 14.2. The molecule has 1 aromatic carbocycles. The van der Waals surface area contributed by atoms with E-state index in [-0.39, 0.29) is 35.2 Å². The minimum absolute atomic E-state index is 0. The van der Waals surface area contributed by atoms with Crippen LogP contribution < -0.4 is 10.6 Å². The average Bonchev–Trinajstić information content (AvgIpc) is 3.54. The Morgan fingerprint density at radius 1 is 1.17 bits per heavy atom. The molecule has 2 fully saturated rings. The number of pyridine rings is 1. The summed E-state index contributed by atoms with van der Waals surface area (Å²) in [7, 11) is 1.80. The smallest absolute Gasteiger partial charge is 0.191 e. The fourth-order valence-electron chi connectivity index (χ4n) is 4.18. The molecule has 0 spiro atoms. The molecule has 1 aliphatic heterocycles. The third-order valence-electron chi connectivity index (χ3n) is 6.16. The summed E-state index contributed by atoms with van der Waals surface area (Å²) in [6, 6.07) is 13.6. The van der Waals surface area contributed by atoms with E-state index < -0.39 is 0 Å². The predicted molar refractivity (Wildman–Crippen MR) is 130 cm³/mol. The number of nitrogens with one attached hydrogen (secondary N) is 2. The van der Waals surface area contributed by atoms with Gasteiger partial charge in [0.2, 0.25) is 0 Å².